The van der Waals surface area contributed by atoms with Gasteiger partial charge in [-0.15, -0.1) is 12.4 Å². The minimum atomic E-state index is -3.03. The van der Waals surface area contributed by atoms with E-state index in [4.69, 9.17) is 10.5 Å². The van der Waals surface area contributed by atoms with Crippen LogP contribution in [0.15, 0.2) is 42.5 Å². The van der Waals surface area contributed by atoms with Gasteiger partial charge in [-0.3, -0.25) is 4.79 Å². The monoisotopic (exact) mass is 456 g/mol. The normalized spacial score (nSPS) is 15.8. The molecule has 6 nitrogen and oxygen atoms in total. The van der Waals surface area contributed by atoms with E-state index in [2.05, 4.69) is 0 Å². The maximum Gasteiger partial charge on any atom is 0.256 e. The number of nitrogens with two attached hydrogens (primary N) is 1. The average Bonchev–Trinajstić information content (AvgIpc) is 2.70. The highest BCUT2D eigenvalue weighted by Gasteiger charge is 2.30. The maximum absolute atomic E-state index is 14.3. The molecule has 0 radical (unpaired) electrons. The van der Waals surface area contributed by atoms with Crippen molar-refractivity contribution in [3.8, 4) is 11.5 Å². The third-order valence-corrected chi connectivity index (χ3v) is 6.87. The summed E-state index contributed by atoms with van der Waals surface area (Å²) in [6.07, 6.45) is 1.49. The van der Waals surface area contributed by atoms with Crippen LogP contribution in [-0.4, -0.2) is 50.4 Å². The van der Waals surface area contributed by atoms with Gasteiger partial charge in [-0.25, -0.2) is 12.8 Å². The number of halogens is 2. The molecule has 2 aromatic rings. The Labute approximate surface area is 182 Å². The zero-order valence-electron chi connectivity index (χ0n) is 16.7. The summed E-state index contributed by atoms with van der Waals surface area (Å²) in [5.74, 6) is -0.128. The number of amides is 1. The largest absolute Gasteiger partial charge is 0.457 e. The fourth-order valence-electron chi connectivity index (χ4n) is 3.38. The van der Waals surface area contributed by atoms with Crippen molar-refractivity contribution in [1.29, 1.82) is 0 Å². The second-order valence-electron chi connectivity index (χ2n) is 7.23. The first-order valence-corrected chi connectivity index (χ1v) is 11.4. The molecule has 0 aromatic heterocycles. The van der Waals surface area contributed by atoms with Gasteiger partial charge in [0.1, 0.15) is 27.2 Å². The maximum atomic E-state index is 14.3. The summed E-state index contributed by atoms with van der Waals surface area (Å²) in [5.41, 5.74) is 6.53. The third kappa shape index (κ3) is 5.93. The molecule has 0 aliphatic carbocycles. The van der Waals surface area contributed by atoms with Gasteiger partial charge in [-0.05, 0) is 61.7 Å². The minimum absolute atomic E-state index is 0. The van der Waals surface area contributed by atoms with E-state index in [0.717, 1.165) is 12.0 Å². The summed E-state index contributed by atoms with van der Waals surface area (Å²) in [6.45, 7) is 0.560. The second kappa shape index (κ2) is 10.2. The molecule has 1 saturated heterocycles. The van der Waals surface area contributed by atoms with Gasteiger partial charge in [0, 0.05) is 13.1 Å². The summed E-state index contributed by atoms with van der Waals surface area (Å²) < 4.78 is 43.3. The van der Waals surface area contributed by atoms with Crippen molar-refractivity contribution in [3.63, 3.8) is 0 Å². The Hall–Kier alpha value is -2.16. The van der Waals surface area contributed by atoms with E-state index in [-0.39, 0.29) is 35.5 Å². The highest BCUT2D eigenvalue weighted by atomic mass is 35.5. The highest BCUT2D eigenvalue weighted by molar-refractivity contribution is 7.91. The van der Waals surface area contributed by atoms with Crippen molar-refractivity contribution in [2.75, 3.05) is 25.1 Å². The van der Waals surface area contributed by atoms with Crippen molar-refractivity contribution in [3.05, 3.63) is 59.4 Å². The summed E-state index contributed by atoms with van der Waals surface area (Å²) in [5, 5.41) is 0. The van der Waals surface area contributed by atoms with Crippen LogP contribution in [0.1, 0.15) is 28.8 Å². The van der Waals surface area contributed by atoms with Crippen LogP contribution in [0.4, 0.5) is 4.39 Å². The van der Waals surface area contributed by atoms with Crippen LogP contribution < -0.4 is 10.5 Å². The fourth-order valence-corrected chi connectivity index (χ4v) is 4.85. The molecule has 2 N–H and O–H groups in total. The first kappa shape index (κ1) is 24.1. The van der Waals surface area contributed by atoms with Crippen LogP contribution in [0.5, 0.6) is 11.5 Å². The number of carbonyl (C=O) groups excluding carboxylic acids is 1. The van der Waals surface area contributed by atoms with Crippen molar-refractivity contribution in [1.82, 2.24) is 4.90 Å². The number of rotatable bonds is 6. The van der Waals surface area contributed by atoms with E-state index in [1.54, 1.807) is 19.2 Å². The molecule has 30 heavy (non-hydrogen) atoms. The molecule has 0 atom stereocenters. The Kier molecular flexibility index (Phi) is 8.23. The predicted molar refractivity (Wildman–Crippen MR) is 117 cm³/mol. The van der Waals surface area contributed by atoms with Crippen LogP contribution in [0.25, 0.3) is 0 Å². The Morgan fingerprint density at radius 2 is 1.73 bits per heavy atom. The van der Waals surface area contributed by atoms with E-state index in [9.17, 15) is 17.6 Å². The molecule has 0 spiro atoms. The minimum Gasteiger partial charge on any atom is -0.457 e. The van der Waals surface area contributed by atoms with Gasteiger partial charge >= 0.3 is 0 Å². The molecule has 2 aromatic carbocycles. The van der Waals surface area contributed by atoms with Crippen molar-refractivity contribution < 1.29 is 22.3 Å². The Bertz CT molecular complexity index is 969. The Morgan fingerprint density at radius 3 is 2.33 bits per heavy atom. The van der Waals surface area contributed by atoms with E-state index in [0.29, 0.717) is 30.9 Å². The summed E-state index contributed by atoms with van der Waals surface area (Å²) in [6, 6.07) is 11.2. The van der Waals surface area contributed by atoms with Gasteiger partial charge in [0.15, 0.2) is 0 Å². The average molecular weight is 457 g/mol. The number of hydrogen-bond acceptors (Lipinski definition) is 5. The molecule has 1 fully saturated rings. The zero-order chi connectivity index (χ0) is 21.0. The lowest BCUT2D eigenvalue weighted by Gasteiger charge is -2.31. The van der Waals surface area contributed by atoms with Crippen molar-refractivity contribution in [2.45, 2.75) is 25.3 Å². The number of hydrogen-bond donors (Lipinski definition) is 1. The molecule has 1 aliphatic rings. The lowest BCUT2D eigenvalue weighted by Crippen LogP contribution is -2.42. The van der Waals surface area contributed by atoms with Gasteiger partial charge in [0.05, 0.1) is 17.1 Å². The van der Waals surface area contributed by atoms with Crippen LogP contribution >= 0.6 is 12.4 Å². The standard InChI is InChI=1S/C21H25FN2O4S.ClH/c1-24(16-9-12-29(26,27)13-10-16)21(25)19-14-18(6-7-20(19)22)28-17-4-2-15(3-5-17)8-11-23;/h2-7,14,16H,8-13,23H2,1H3;1H. The predicted octanol–water partition coefficient (Wildman–Crippen LogP) is 3.19. The van der Waals surface area contributed by atoms with Crippen LogP contribution in [0, 0.1) is 5.82 Å². The lowest BCUT2D eigenvalue weighted by molar-refractivity contribution is 0.0716. The fraction of sp³-hybridized carbons (Fsp3) is 0.381. The number of nitrogens with zero attached hydrogens (tertiary/aromatic N) is 1. The van der Waals surface area contributed by atoms with Gasteiger partial charge in [0.25, 0.3) is 5.91 Å². The molecular weight excluding hydrogens is 431 g/mol. The molecule has 0 bridgehead atoms. The van der Waals surface area contributed by atoms with Gasteiger partial charge in [-0.2, -0.15) is 0 Å². The SMILES string of the molecule is CN(C(=O)c1cc(Oc2ccc(CCN)cc2)ccc1F)C1CCS(=O)(=O)CC1.Cl. The number of sulfone groups is 1. The smallest absolute Gasteiger partial charge is 0.256 e. The molecule has 1 heterocycles. The number of benzene rings is 2. The van der Waals surface area contributed by atoms with E-state index >= 15 is 0 Å². The quantitative estimate of drug-likeness (QED) is 0.721. The molecule has 0 unspecified atom stereocenters. The number of carbonyl (C=O) groups is 1. The number of ether oxygens (including phenoxy) is 1. The lowest BCUT2D eigenvalue weighted by atomic mass is 10.1. The molecule has 3 rings (SSSR count). The topological polar surface area (TPSA) is 89.7 Å². The van der Waals surface area contributed by atoms with Crippen molar-refractivity contribution >= 4 is 28.2 Å². The Morgan fingerprint density at radius 1 is 1.13 bits per heavy atom. The van der Waals surface area contributed by atoms with Crippen molar-refractivity contribution in [2.24, 2.45) is 5.73 Å². The first-order chi connectivity index (χ1) is 13.8. The van der Waals surface area contributed by atoms with E-state index < -0.39 is 21.6 Å². The Balaban J connectivity index is 0.00000320. The first-order valence-electron chi connectivity index (χ1n) is 9.53. The van der Waals surface area contributed by atoms with E-state index in [1.807, 2.05) is 12.1 Å². The summed E-state index contributed by atoms with van der Waals surface area (Å²) in [4.78, 5) is 14.2. The second-order valence-corrected chi connectivity index (χ2v) is 9.53. The molecular formula is C21H26ClFN2O4S. The molecule has 0 saturated carbocycles. The van der Waals surface area contributed by atoms with Crippen LogP contribution in [0.3, 0.4) is 0 Å². The van der Waals surface area contributed by atoms with Crippen LogP contribution in [-0.2, 0) is 16.3 Å². The molecule has 164 valence electrons. The highest BCUT2D eigenvalue weighted by Crippen LogP contribution is 2.26. The molecule has 9 heteroatoms. The summed E-state index contributed by atoms with van der Waals surface area (Å²) in [7, 11) is -1.46. The third-order valence-electron chi connectivity index (χ3n) is 5.15. The molecule has 1 aliphatic heterocycles. The summed E-state index contributed by atoms with van der Waals surface area (Å²) >= 11 is 0. The van der Waals surface area contributed by atoms with Gasteiger partial charge in [0.2, 0.25) is 0 Å². The zero-order valence-corrected chi connectivity index (χ0v) is 18.3. The van der Waals surface area contributed by atoms with E-state index in [1.165, 1.54) is 23.1 Å². The molecule has 1 amide bonds. The van der Waals surface area contributed by atoms with Crippen LogP contribution in [0.2, 0.25) is 0 Å². The van der Waals surface area contributed by atoms with Gasteiger partial charge < -0.3 is 15.4 Å². The van der Waals surface area contributed by atoms with Gasteiger partial charge in [-0.1, -0.05) is 12.1 Å².